The number of hydrogen-bond donors (Lipinski definition) is 3. The normalized spacial score (nSPS) is 10.2. The van der Waals surface area contributed by atoms with E-state index in [1.165, 1.54) is 0 Å². The van der Waals surface area contributed by atoms with Gasteiger partial charge in [0.05, 0.1) is 13.2 Å². The lowest BCUT2D eigenvalue weighted by Gasteiger charge is -2.14. The van der Waals surface area contributed by atoms with Crippen LogP contribution in [0, 0.1) is 13.8 Å². The molecule has 0 bridgehead atoms. The van der Waals surface area contributed by atoms with Gasteiger partial charge in [0.15, 0.2) is 7.85 Å². The first-order chi connectivity index (χ1) is 13.3. The molecule has 0 fully saturated rings. The predicted molar refractivity (Wildman–Crippen MR) is 107 cm³/mol. The van der Waals surface area contributed by atoms with Gasteiger partial charge < -0.3 is 30.6 Å². The second kappa shape index (κ2) is 12.8. The van der Waals surface area contributed by atoms with E-state index in [2.05, 4.69) is 17.2 Å². The van der Waals surface area contributed by atoms with Gasteiger partial charge >= 0.3 is 6.09 Å². The largest absolute Gasteiger partial charge is 0.506 e. The fraction of sp³-hybridized carbons (Fsp3) is 0.474. The summed E-state index contributed by atoms with van der Waals surface area (Å²) in [6.07, 6.45) is -0.479. The molecule has 1 aromatic carbocycles. The van der Waals surface area contributed by atoms with Gasteiger partial charge in [0.1, 0.15) is 12.4 Å². The number of amides is 2. The maximum absolute atomic E-state index is 12.0. The number of benzene rings is 1. The van der Waals surface area contributed by atoms with Crippen LogP contribution in [0.5, 0.6) is 5.75 Å². The fourth-order valence-electron chi connectivity index (χ4n) is 2.40. The third-order valence-electron chi connectivity index (χ3n) is 3.59. The van der Waals surface area contributed by atoms with Gasteiger partial charge in [-0.1, -0.05) is 6.58 Å². The molecule has 1 aromatic rings. The summed E-state index contributed by atoms with van der Waals surface area (Å²) in [5.74, 6) is 0.282. The van der Waals surface area contributed by atoms with Crippen LogP contribution in [0.15, 0.2) is 24.4 Å². The van der Waals surface area contributed by atoms with E-state index in [-0.39, 0.29) is 31.1 Å². The summed E-state index contributed by atoms with van der Waals surface area (Å²) in [6.45, 7) is 9.29. The number of hydrogen-bond acceptors (Lipinski definition) is 6. The predicted octanol–water partition coefficient (Wildman–Crippen LogP) is 1.03. The summed E-state index contributed by atoms with van der Waals surface area (Å²) in [5.41, 5.74) is 7.89. The number of nitrogens with two attached hydrogens (primary N) is 1. The Morgan fingerprint density at radius 3 is 2.43 bits per heavy atom. The topological polar surface area (TPSA) is 112 Å². The highest BCUT2D eigenvalue weighted by atomic mass is 16.6. The molecule has 28 heavy (non-hydrogen) atoms. The molecule has 2 radical (unpaired) electrons. The number of carbonyl (C=O) groups excluding carboxylic acids is 2. The van der Waals surface area contributed by atoms with Crippen LogP contribution in [0.2, 0.25) is 0 Å². The zero-order chi connectivity index (χ0) is 20.9. The molecular formula is C19H28BN3O5. The van der Waals surface area contributed by atoms with E-state index >= 15 is 0 Å². The van der Waals surface area contributed by atoms with Crippen molar-refractivity contribution >= 4 is 19.8 Å². The van der Waals surface area contributed by atoms with Gasteiger partial charge in [-0.25, -0.2) is 4.79 Å². The zero-order valence-corrected chi connectivity index (χ0v) is 16.5. The lowest BCUT2D eigenvalue weighted by Crippen LogP contribution is -2.33. The lowest BCUT2D eigenvalue weighted by atomic mass is 10.1. The van der Waals surface area contributed by atoms with E-state index in [4.69, 9.17) is 27.8 Å². The molecule has 0 aliphatic heterocycles. The molecule has 0 aliphatic carbocycles. The van der Waals surface area contributed by atoms with Crippen molar-refractivity contribution in [3.63, 3.8) is 0 Å². The first-order valence-corrected chi connectivity index (χ1v) is 9.01. The van der Waals surface area contributed by atoms with Gasteiger partial charge in [-0.05, 0) is 42.7 Å². The van der Waals surface area contributed by atoms with Gasteiger partial charge in [0, 0.05) is 31.7 Å². The van der Waals surface area contributed by atoms with Crippen molar-refractivity contribution in [3.8, 4) is 5.75 Å². The molecule has 0 saturated heterocycles. The van der Waals surface area contributed by atoms with E-state index in [9.17, 15) is 9.59 Å². The van der Waals surface area contributed by atoms with Crippen LogP contribution in [-0.2, 0) is 20.9 Å². The van der Waals surface area contributed by atoms with E-state index in [1.54, 1.807) is 0 Å². The van der Waals surface area contributed by atoms with Crippen LogP contribution in [0.1, 0.15) is 23.1 Å². The molecule has 0 unspecified atom stereocenters. The van der Waals surface area contributed by atoms with Crippen LogP contribution < -0.4 is 21.1 Å². The summed E-state index contributed by atoms with van der Waals surface area (Å²) < 4.78 is 15.7. The second-order valence-corrected chi connectivity index (χ2v) is 6.13. The number of carbonyl (C=O) groups is 2. The SMILES string of the molecule is [B]C(=C)OCc1cc(C)c(OC(=O)NCCC(=O)NCCOCCN)c(C)c1. The van der Waals surface area contributed by atoms with Crippen molar-refractivity contribution in [2.75, 3.05) is 32.8 Å². The summed E-state index contributed by atoms with van der Waals surface area (Å²) in [5, 5.41) is 5.24. The van der Waals surface area contributed by atoms with Crippen molar-refractivity contribution in [2.45, 2.75) is 26.9 Å². The van der Waals surface area contributed by atoms with Crippen LogP contribution in [0.3, 0.4) is 0 Å². The molecule has 2 amide bonds. The third-order valence-corrected chi connectivity index (χ3v) is 3.59. The molecule has 9 heteroatoms. The highest BCUT2D eigenvalue weighted by Crippen LogP contribution is 2.25. The molecule has 0 aliphatic rings. The fourth-order valence-corrected chi connectivity index (χ4v) is 2.40. The Morgan fingerprint density at radius 2 is 1.82 bits per heavy atom. The van der Waals surface area contributed by atoms with Crippen LogP contribution >= 0.6 is 0 Å². The van der Waals surface area contributed by atoms with E-state index < -0.39 is 6.09 Å². The highest BCUT2D eigenvalue weighted by molar-refractivity contribution is 6.19. The Kier molecular flexibility index (Phi) is 10.8. The summed E-state index contributed by atoms with van der Waals surface area (Å²) in [7, 11) is 5.39. The third kappa shape index (κ3) is 9.43. The molecule has 152 valence electrons. The van der Waals surface area contributed by atoms with Crippen molar-refractivity contribution in [1.82, 2.24) is 10.6 Å². The molecular weight excluding hydrogens is 361 g/mol. The van der Waals surface area contributed by atoms with Crippen LogP contribution in [0.4, 0.5) is 4.79 Å². The Morgan fingerprint density at radius 1 is 1.14 bits per heavy atom. The molecule has 0 aromatic heterocycles. The van der Waals surface area contributed by atoms with Gasteiger partial charge in [-0.15, -0.1) is 0 Å². The molecule has 1 rings (SSSR count). The summed E-state index contributed by atoms with van der Waals surface area (Å²) in [4.78, 5) is 23.6. The molecule has 0 saturated carbocycles. The van der Waals surface area contributed by atoms with Crippen LogP contribution in [-0.4, -0.2) is 52.7 Å². The lowest BCUT2D eigenvalue weighted by molar-refractivity contribution is -0.121. The van der Waals surface area contributed by atoms with Crippen molar-refractivity contribution in [1.29, 1.82) is 0 Å². The molecule has 0 spiro atoms. The van der Waals surface area contributed by atoms with Gasteiger partial charge in [0.2, 0.25) is 5.91 Å². The van der Waals surface area contributed by atoms with E-state index in [1.807, 2.05) is 26.0 Å². The van der Waals surface area contributed by atoms with E-state index in [0.29, 0.717) is 32.1 Å². The second-order valence-electron chi connectivity index (χ2n) is 6.13. The Labute approximate surface area is 167 Å². The Balaban J connectivity index is 2.38. The smallest absolute Gasteiger partial charge is 0.412 e. The first kappa shape index (κ1) is 23.5. The average Bonchev–Trinajstić information content (AvgIpc) is 2.63. The maximum atomic E-state index is 12.0. The van der Waals surface area contributed by atoms with Gasteiger partial charge in [-0.3, -0.25) is 4.79 Å². The van der Waals surface area contributed by atoms with Gasteiger partial charge in [-0.2, -0.15) is 0 Å². The summed E-state index contributed by atoms with van der Waals surface area (Å²) >= 11 is 0. The minimum Gasteiger partial charge on any atom is -0.506 e. The summed E-state index contributed by atoms with van der Waals surface area (Å²) in [6, 6.07) is 3.69. The number of rotatable bonds is 12. The van der Waals surface area contributed by atoms with E-state index in [0.717, 1.165) is 16.7 Å². The van der Waals surface area contributed by atoms with Crippen molar-refractivity contribution < 1.29 is 23.8 Å². The molecule has 8 nitrogen and oxygen atoms in total. The maximum Gasteiger partial charge on any atom is 0.412 e. The highest BCUT2D eigenvalue weighted by Gasteiger charge is 2.12. The first-order valence-electron chi connectivity index (χ1n) is 9.01. The average molecular weight is 389 g/mol. The zero-order valence-electron chi connectivity index (χ0n) is 16.5. The van der Waals surface area contributed by atoms with Crippen molar-refractivity contribution in [2.24, 2.45) is 5.73 Å². The minimum absolute atomic E-state index is 0.141. The quantitative estimate of drug-likeness (QED) is 0.280. The molecule has 0 atom stereocenters. The molecule has 0 heterocycles. The minimum atomic E-state index is -0.621. The molecule has 4 N–H and O–H groups in total. The van der Waals surface area contributed by atoms with Crippen molar-refractivity contribution in [3.05, 3.63) is 41.1 Å². The Bertz CT molecular complexity index is 659. The van der Waals surface area contributed by atoms with Crippen LogP contribution in [0.25, 0.3) is 0 Å². The monoisotopic (exact) mass is 389 g/mol. The number of aryl methyl sites for hydroxylation is 2. The number of ether oxygens (including phenoxy) is 3. The standard InChI is InChI=1S/C19H28BN3O5/c1-13-10-16(12-27-15(3)20)11-14(2)18(13)28-19(25)23-6-4-17(24)22-7-9-26-8-5-21/h10-11H,3-9,12,21H2,1-2H3,(H,22,24)(H,23,25). The Hall–Kier alpha value is -2.52. The number of nitrogens with one attached hydrogen (secondary N) is 2. The van der Waals surface area contributed by atoms with Gasteiger partial charge in [0.25, 0.3) is 0 Å².